The summed E-state index contributed by atoms with van der Waals surface area (Å²) in [4.78, 5) is 10.3. The van der Waals surface area contributed by atoms with Crippen LogP contribution >= 0.6 is 11.6 Å². The van der Waals surface area contributed by atoms with E-state index in [-0.39, 0.29) is 16.8 Å². The van der Waals surface area contributed by atoms with Crippen LogP contribution in [-0.4, -0.2) is 4.92 Å². The van der Waals surface area contributed by atoms with Crippen LogP contribution in [0.15, 0.2) is 42.5 Å². The lowest BCUT2D eigenvalue weighted by Crippen LogP contribution is -2.06. The van der Waals surface area contributed by atoms with Gasteiger partial charge < -0.3 is 5.32 Å². The molecule has 0 amide bonds. The normalized spacial score (nSPS) is 12.0. The first-order chi connectivity index (χ1) is 10.0. The van der Waals surface area contributed by atoms with Crippen LogP contribution < -0.4 is 5.32 Å². The minimum absolute atomic E-state index is 0.0813. The molecule has 1 unspecified atom stereocenters. The molecule has 0 heterocycles. The topological polar surface area (TPSA) is 55.2 Å². The Morgan fingerprint density at radius 2 is 1.90 bits per heavy atom. The first kappa shape index (κ1) is 15.3. The van der Waals surface area contributed by atoms with Crippen molar-refractivity contribution in [3.8, 4) is 0 Å². The van der Waals surface area contributed by atoms with Crippen LogP contribution in [0.4, 0.5) is 11.4 Å². The van der Waals surface area contributed by atoms with Crippen molar-refractivity contribution in [1.82, 2.24) is 0 Å². The van der Waals surface area contributed by atoms with Crippen LogP contribution in [0.1, 0.15) is 31.0 Å². The van der Waals surface area contributed by atoms with Crippen LogP contribution in [0, 0.1) is 10.1 Å². The Balaban J connectivity index is 2.13. The Hall–Kier alpha value is -2.07. The molecule has 0 fully saturated rings. The molecule has 0 aliphatic rings. The van der Waals surface area contributed by atoms with Gasteiger partial charge in [-0.15, -0.1) is 0 Å². The quantitative estimate of drug-likeness (QED) is 0.626. The van der Waals surface area contributed by atoms with Gasteiger partial charge in [-0.3, -0.25) is 10.1 Å². The van der Waals surface area contributed by atoms with Gasteiger partial charge >= 0.3 is 0 Å². The Morgan fingerprint density at radius 1 is 1.24 bits per heavy atom. The van der Waals surface area contributed by atoms with Gasteiger partial charge in [-0.25, -0.2) is 0 Å². The van der Waals surface area contributed by atoms with Gasteiger partial charge in [-0.2, -0.15) is 0 Å². The Kier molecular flexibility index (Phi) is 4.81. The second-order valence-corrected chi connectivity index (χ2v) is 5.29. The third-order valence-electron chi connectivity index (χ3n) is 3.42. The third kappa shape index (κ3) is 3.73. The van der Waals surface area contributed by atoms with E-state index in [1.54, 1.807) is 12.1 Å². The number of rotatable bonds is 5. The van der Waals surface area contributed by atoms with Gasteiger partial charge in [0.25, 0.3) is 5.69 Å². The highest BCUT2D eigenvalue weighted by molar-refractivity contribution is 6.32. The Morgan fingerprint density at radius 3 is 2.43 bits per heavy atom. The van der Waals surface area contributed by atoms with E-state index < -0.39 is 4.92 Å². The highest BCUT2D eigenvalue weighted by Crippen LogP contribution is 2.29. The average Bonchev–Trinajstić information content (AvgIpc) is 2.47. The van der Waals surface area contributed by atoms with Gasteiger partial charge in [0.05, 0.1) is 4.92 Å². The molecule has 21 heavy (non-hydrogen) atoms. The molecule has 0 aliphatic carbocycles. The van der Waals surface area contributed by atoms with Gasteiger partial charge in [-0.05, 0) is 36.6 Å². The molecule has 0 radical (unpaired) electrons. The van der Waals surface area contributed by atoms with Gasteiger partial charge in [0.1, 0.15) is 5.02 Å². The van der Waals surface area contributed by atoms with E-state index in [2.05, 4.69) is 36.5 Å². The molecule has 0 aromatic heterocycles. The van der Waals surface area contributed by atoms with Crippen molar-refractivity contribution in [2.24, 2.45) is 0 Å². The third-order valence-corrected chi connectivity index (χ3v) is 3.72. The van der Waals surface area contributed by atoms with Crippen molar-refractivity contribution in [2.45, 2.75) is 26.3 Å². The van der Waals surface area contributed by atoms with E-state index in [0.29, 0.717) is 0 Å². The summed E-state index contributed by atoms with van der Waals surface area (Å²) in [5.74, 6) is 0. The molecule has 2 aromatic rings. The minimum Gasteiger partial charge on any atom is -0.378 e. The lowest BCUT2D eigenvalue weighted by Gasteiger charge is -2.16. The number of anilines is 1. The highest BCUT2D eigenvalue weighted by Gasteiger charge is 2.13. The molecule has 0 saturated heterocycles. The first-order valence-electron chi connectivity index (χ1n) is 6.80. The van der Waals surface area contributed by atoms with E-state index in [4.69, 9.17) is 11.6 Å². The summed E-state index contributed by atoms with van der Waals surface area (Å²) >= 11 is 5.91. The van der Waals surface area contributed by atoms with Gasteiger partial charge in [0.15, 0.2) is 0 Å². The van der Waals surface area contributed by atoms with E-state index in [0.717, 1.165) is 17.7 Å². The van der Waals surface area contributed by atoms with Crippen molar-refractivity contribution in [3.05, 3.63) is 68.7 Å². The van der Waals surface area contributed by atoms with Gasteiger partial charge in [0.2, 0.25) is 0 Å². The van der Waals surface area contributed by atoms with Crippen LogP contribution in [0.5, 0.6) is 0 Å². The van der Waals surface area contributed by atoms with Gasteiger partial charge in [-0.1, -0.05) is 42.8 Å². The molecule has 5 heteroatoms. The molecule has 2 rings (SSSR count). The maximum atomic E-state index is 10.7. The zero-order valence-corrected chi connectivity index (χ0v) is 12.7. The van der Waals surface area contributed by atoms with Crippen molar-refractivity contribution in [3.63, 3.8) is 0 Å². The smallest absolute Gasteiger partial charge is 0.288 e. The molecule has 4 nitrogen and oxygen atoms in total. The summed E-state index contributed by atoms with van der Waals surface area (Å²) in [6.45, 7) is 4.16. The number of halogens is 1. The lowest BCUT2D eigenvalue weighted by molar-refractivity contribution is -0.384. The molecule has 110 valence electrons. The summed E-state index contributed by atoms with van der Waals surface area (Å²) in [5, 5.41) is 14.2. The zero-order chi connectivity index (χ0) is 15.4. The molecule has 0 aliphatic heterocycles. The van der Waals surface area contributed by atoms with E-state index in [1.807, 2.05) is 6.92 Å². The summed E-state index contributed by atoms with van der Waals surface area (Å²) in [5.41, 5.74) is 3.13. The summed E-state index contributed by atoms with van der Waals surface area (Å²) in [6, 6.07) is 13.1. The predicted molar refractivity (Wildman–Crippen MR) is 86.0 cm³/mol. The molecule has 0 bridgehead atoms. The maximum Gasteiger partial charge on any atom is 0.288 e. The number of hydrogen-bond acceptors (Lipinski definition) is 3. The summed E-state index contributed by atoms with van der Waals surface area (Å²) in [7, 11) is 0. The predicted octanol–water partition coefficient (Wildman–Crippen LogP) is 4.98. The van der Waals surface area contributed by atoms with Crippen molar-refractivity contribution in [1.29, 1.82) is 0 Å². The van der Waals surface area contributed by atoms with Crippen molar-refractivity contribution >= 4 is 23.0 Å². The molecular weight excluding hydrogens is 288 g/mol. The molecule has 0 saturated carbocycles. The first-order valence-corrected chi connectivity index (χ1v) is 7.18. The fourth-order valence-corrected chi connectivity index (χ4v) is 2.37. The number of nitro groups is 1. The fourth-order valence-electron chi connectivity index (χ4n) is 2.12. The minimum atomic E-state index is -0.487. The fraction of sp³-hybridized carbons (Fsp3) is 0.250. The number of hydrogen-bond donors (Lipinski definition) is 1. The number of benzene rings is 2. The molecule has 1 N–H and O–H groups in total. The molecular formula is C16H17ClN2O2. The Bertz CT molecular complexity index is 641. The van der Waals surface area contributed by atoms with E-state index in [9.17, 15) is 10.1 Å². The maximum absolute atomic E-state index is 10.7. The number of nitrogens with one attached hydrogen (secondary N) is 1. The lowest BCUT2D eigenvalue weighted by atomic mass is 10.0. The monoisotopic (exact) mass is 304 g/mol. The second kappa shape index (κ2) is 6.59. The summed E-state index contributed by atoms with van der Waals surface area (Å²) in [6.07, 6.45) is 1.01. The number of nitrogens with zero attached hydrogens (tertiary/aromatic N) is 1. The molecule has 2 aromatic carbocycles. The molecule has 0 spiro atoms. The second-order valence-electron chi connectivity index (χ2n) is 4.88. The molecule has 1 atom stereocenters. The average molecular weight is 305 g/mol. The van der Waals surface area contributed by atoms with Crippen molar-refractivity contribution < 1.29 is 4.92 Å². The zero-order valence-electron chi connectivity index (χ0n) is 12.0. The Labute approximate surface area is 128 Å². The largest absolute Gasteiger partial charge is 0.378 e. The van der Waals surface area contributed by atoms with Gasteiger partial charge in [0, 0.05) is 17.8 Å². The van der Waals surface area contributed by atoms with Crippen LogP contribution in [0.3, 0.4) is 0 Å². The van der Waals surface area contributed by atoms with Crippen LogP contribution in [0.25, 0.3) is 0 Å². The van der Waals surface area contributed by atoms with Crippen LogP contribution in [0.2, 0.25) is 5.02 Å². The summed E-state index contributed by atoms with van der Waals surface area (Å²) < 4.78 is 0. The number of nitro benzene ring substituents is 1. The standard InChI is InChI=1S/C16H17ClN2O2/c1-3-12-4-6-13(7-5-12)11(2)18-14-8-9-16(19(20)21)15(17)10-14/h4-11,18H,3H2,1-2H3. The SMILES string of the molecule is CCc1ccc(C(C)Nc2ccc([N+](=O)[O-])c(Cl)c2)cc1. The number of aryl methyl sites for hydroxylation is 1. The van der Waals surface area contributed by atoms with Crippen LogP contribution in [-0.2, 0) is 6.42 Å². The van der Waals surface area contributed by atoms with E-state index >= 15 is 0 Å². The van der Waals surface area contributed by atoms with Crippen molar-refractivity contribution in [2.75, 3.05) is 5.32 Å². The van der Waals surface area contributed by atoms with E-state index in [1.165, 1.54) is 11.6 Å². The highest BCUT2D eigenvalue weighted by atomic mass is 35.5.